The normalized spacial score (nSPS) is 26.6. The number of ether oxygens (including phenoxy) is 3. The number of piperidine rings is 1. The van der Waals surface area contributed by atoms with Crippen LogP contribution in [0.5, 0.6) is 0 Å². The van der Waals surface area contributed by atoms with Gasteiger partial charge in [-0.3, -0.25) is 14.5 Å². The van der Waals surface area contributed by atoms with Gasteiger partial charge in [0, 0.05) is 38.4 Å². The van der Waals surface area contributed by atoms with Crippen LogP contribution in [0, 0.1) is 5.92 Å². The van der Waals surface area contributed by atoms with Gasteiger partial charge in [0.05, 0.1) is 26.2 Å². The van der Waals surface area contributed by atoms with Gasteiger partial charge in [0.2, 0.25) is 5.91 Å². The molecule has 3 atom stereocenters. The van der Waals surface area contributed by atoms with Gasteiger partial charge >= 0.3 is 12.1 Å². The van der Waals surface area contributed by atoms with E-state index in [0.29, 0.717) is 58.5 Å². The van der Waals surface area contributed by atoms with Gasteiger partial charge in [0.15, 0.2) is 0 Å². The van der Waals surface area contributed by atoms with E-state index in [2.05, 4.69) is 12.1 Å². The highest BCUT2D eigenvalue weighted by Crippen LogP contribution is 2.32. The number of carbonyl (C=O) groups is 3. The first-order valence-electron chi connectivity index (χ1n) is 11.5. The topological polar surface area (TPSA) is 85.4 Å². The first-order valence-corrected chi connectivity index (χ1v) is 11.5. The molecule has 3 aliphatic rings. The first kappa shape index (κ1) is 22.6. The van der Waals surface area contributed by atoms with Crippen LogP contribution in [0.2, 0.25) is 0 Å². The highest BCUT2D eigenvalue weighted by molar-refractivity contribution is 5.91. The molecule has 8 nitrogen and oxygen atoms in total. The number of benzene rings is 1. The quantitative estimate of drug-likeness (QED) is 0.664. The molecular weight excluding hydrogens is 412 g/mol. The van der Waals surface area contributed by atoms with Crippen LogP contribution in [-0.2, 0) is 23.8 Å². The zero-order valence-electron chi connectivity index (χ0n) is 18.6. The van der Waals surface area contributed by atoms with Crippen molar-refractivity contribution in [3.05, 3.63) is 35.9 Å². The Morgan fingerprint density at radius 1 is 1.00 bits per heavy atom. The van der Waals surface area contributed by atoms with E-state index in [1.807, 2.05) is 18.2 Å². The summed E-state index contributed by atoms with van der Waals surface area (Å²) in [6.07, 6.45) is 2.53. The smallest absolute Gasteiger partial charge is 0.410 e. The minimum absolute atomic E-state index is 0.192. The lowest BCUT2D eigenvalue weighted by atomic mass is 9.88. The number of esters is 1. The van der Waals surface area contributed by atoms with Crippen LogP contribution in [0.1, 0.15) is 43.6 Å². The van der Waals surface area contributed by atoms with Crippen molar-refractivity contribution in [3.63, 3.8) is 0 Å². The summed E-state index contributed by atoms with van der Waals surface area (Å²) in [4.78, 5) is 42.5. The van der Waals surface area contributed by atoms with Crippen molar-refractivity contribution < 1.29 is 28.6 Å². The van der Waals surface area contributed by atoms with E-state index in [9.17, 15) is 14.4 Å². The van der Waals surface area contributed by atoms with Crippen LogP contribution >= 0.6 is 0 Å². The summed E-state index contributed by atoms with van der Waals surface area (Å²) in [5.74, 6) is -1.07. The third-order valence-electron chi connectivity index (χ3n) is 6.83. The summed E-state index contributed by atoms with van der Waals surface area (Å²) in [5.41, 5.74) is 1.20. The minimum atomic E-state index is -0.891. The van der Waals surface area contributed by atoms with E-state index in [-0.39, 0.29) is 17.9 Å². The third kappa shape index (κ3) is 4.90. The van der Waals surface area contributed by atoms with Gasteiger partial charge in [-0.15, -0.1) is 0 Å². The molecule has 2 amide bonds. The van der Waals surface area contributed by atoms with E-state index in [4.69, 9.17) is 14.2 Å². The Morgan fingerprint density at radius 3 is 2.47 bits per heavy atom. The van der Waals surface area contributed by atoms with E-state index in [1.54, 1.807) is 4.90 Å². The molecule has 0 spiro atoms. The summed E-state index contributed by atoms with van der Waals surface area (Å²) in [7, 11) is 1.32. The van der Waals surface area contributed by atoms with Gasteiger partial charge in [-0.05, 0) is 24.8 Å². The van der Waals surface area contributed by atoms with Crippen molar-refractivity contribution in [2.24, 2.45) is 5.92 Å². The van der Waals surface area contributed by atoms with Crippen LogP contribution in [0.4, 0.5) is 4.79 Å². The molecule has 1 aromatic carbocycles. The molecule has 4 rings (SSSR count). The highest BCUT2D eigenvalue weighted by atomic mass is 16.6. The molecule has 8 heteroatoms. The molecule has 3 saturated heterocycles. The molecule has 174 valence electrons. The zero-order chi connectivity index (χ0) is 22.5. The number of rotatable bonds is 4. The molecule has 3 heterocycles. The second-order valence-corrected chi connectivity index (χ2v) is 8.79. The Labute approximate surface area is 188 Å². The van der Waals surface area contributed by atoms with E-state index in [0.717, 1.165) is 6.42 Å². The van der Waals surface area contributed by atoms with Gasteiger partial charge in [-0.1, -0.05) is 30.3 Å². The molecular formula is C24H32N2O6. The first-order chi connectivity index (χ1) is 15.6. The zero-order valence-corrected chi connectivity index (χ0v) is 18.6. The summed E-state index contributed by atoms with van der Waals surface area (Å²) >= 11 is 0. The van der Waals surface area contributed by atoms with Crippen molar-refractivity contribution in [1.82, 2.24) is 9.80 Å². The molecule has 3 fully saturated rings. The van der Waals surface area contributed by atoms with Gasteiger partial charge in [0.1, 0.15) is 12.1 Å². The third-order valence-corrected chi connectivity index (χ3v) is 6.83. The summed E-state index contributed by atoms with van der Waals surface area (Å²) in [6.45, 7) is 2.68. The number of amides is 2. The molecule has 0 aliphatic carbocycles. The lowest BCUT2D eigenvalue weighted by Gasteiger charge is -2.40. The average Bonchev–Trinajstić information content (AvgIpc) is 3.34. The number of nitrogens with zero attached hydrogens (tertiary/aromatic N) is 2. The maximum Gasteiger partial charge on any atom is 0.410 e. The fourth-order valence-corrected chi connectivity index (χ4v) is 5.05. The van der Waals surface area contributed by atoms with Crippen molar-refractivity contribution in [2.45, 2.75) is 50.2 Å². The Hall–Kier alpha value is -2.61. The van der Waals surface area contributed by atoms with Crippen molar-refractivity contribution in [3.8, 4) is 0 Å². The number of likely N-dealkylation sites (tertiary alicyclic amines) is 2. The molecule has 1 aromatic rings. The lowest BCUT2D eigenvalue weighted by Crippen LogP contribution is -2.58. The molecule has 3 aliphatic heterocycles. The average molecular weight is 445 g/mol. The second kappa shape index (κ2) is 10.3. The maximum atomic E-state index is 13.7. The summed E-state index contributed by atoms with van der Waals surface area (Å²) in [5, 5.41) is 0. The predicted octanol–water partition coefficient (Wildman–Crippen LogP) is 2.57. The SMILES string of the molecule is COC(=O)[C@@H]1CCCN(C(=O)OC2CCOCC2)C1C(=O)N1CC[C@H](c2ccccc2)C1. The lowest BCUT2D eigenvalue weighted by molar-refractivity contribution is -0.156. The molecule has 0 radical (unpaired) electrons. The Balaban J connectivity index is 1.50. The maximum absolute atomic E-state index is 13.7. The second-order valence-electron chi connectivity index (χ2n) is 8.79. The Morgan fingerprint density at radius 2 is 1.75 bits per heavy atom. The summed E-state index contributed by atoms with van der Waals surface area (Å²) in [6, 6.07) is 9.25. The van der Waals surface area contributed by atoms with Crippen molar-refractivity contribution in [1.29, 1.82) is 0 Å². The molecule has 1 unspecified atom stereocenters. The number of hydrogen-bond donors (Lipinski definition) is 0. The highest BCUT2D eigenvalue weighted by Gasteiger charge is 2.47. The molecule has 0 saturated carbocycles. The van der Waals surface area contributed by atoms with Gasteiger partial charge in [0.25, 0.3) is 0 Å². The van der Waals surface area contributed by atoms with Gasteiger partial charge in [-0.2, -0.15) is 0 Å². The Kier molecular flexibility index (Phi) is 7.29. The van der Waals surface area contributed by atoms with E-state index >= 15 is 0 Å². The molecule has 0 aromatic heterocycles. The standard InChI is InChI=1S/C24H32N2O6/c1-30-23(28)20-8-5-12-26(24(29)32-19-10-14-31-15-11-19)21(20)22(27)25-13-9-18(16-25)17-6-3-2-4-7-17/h2-4,6-7,18-21H,5,8-16H2,1H3/t18-,20+,21?/m0/s1. The summed E-state index contributed by atoms with van der Waals surface area (Å²) < 4.78 is 16.0. The predicted molar refractivity (Wildman–Crippen MR) is 116 cm³/mol. The molecule has 0 bridgehead atoms. The van der Waals surface area contributed by atoms with Gasteiger partial charge < -0.3 is 19.1 Å². The fourth-order valence-electron chi connectivity index (χ4n) is 5.05. The number of methoxy groups -OCH3 is 1. The van der Waals surface area contributed by atoms with Crippen molar-refractivity contribution >= 4 is 18.0 Å². The Bertz CT molecular complexity index is 810. The van der Waals surface area contributed by atoms with E-state index < -0.39 is 24.0 Å². The van der Waals surface area contributed by atoms with E-state index in [1.165, 1.54) is 17.6 Å². The monoisotopic (exact) mass is 444 g/mol. The van der Waals surface area contributed by atoms with Crippen LogP contribution in [-0.4, -0.2) is 79.9 Å². The number of hydrogen-bond acceptors (Lipinski definition) is 6. The fraction of sp³-hybridized carbons (Fsp3) is 0.625. The van der Waals surface area contributed by atoms with Crippen LogP contribution in [0.15, 0.2) is 30.3 Å². The largest absolute Gasteiger partial charge is 0.469 e. The van der Waals surface area contributed by atoms with Crippen molar-refractivity contribution in [2.75, 3.05) is 40.0 Å². The van der Waals surface area contributed by atoms with Crippen LogP contribution < -0.4 is 0 Å². The van der Waals surface area contributed by atoms with Crippen LogP contribution in [0.3, 0.4) is 0 Å². The molecule has 0 N–H and O–H groups in total. The minimum Gasteiger partial charge on any atom is -0.469 e. The molecule has 32 heavy (non-hydrogen) atoms. The number of carbonyl (C=O) groups excluding carboxylic acids is 3. The van der Waals surface area contributed by atoms with Gasteiger partial charge in [-0.25, -0.2) is 4.79 Å². The van der Waals surface area contributed by atoms with Crippen LogP contribution in [0.25, 0.3) is 0 Å².